The van der Waals surface area contributed by atoms with Crippen LogP contribution in [0.5, 0.6) is 0 Å². The van der Waals surface area contributed by atoms with Gasteiger partial charge in [-0.05, 0) is 98.4 Å². The molecule has 13 rings (SSSR count). The number of hydrogen-bond acceptors (Lipinski definition) is 4. The van der Waals surface area contributed by atoms with Gasteiger partial charge in [0.1, 0.15) is 0 Å². The summed E-state index contributed by atoms with van der Waals surface area (Å²) in [7, 11) is 0. The Morgan fingerprint density at radius 2 is 0.875 bits per heavy atom. The van der Waals surface area contributed by atoms with E-state index in [1.54, 1.807) is 0 Å². The first-order valence-electron chi connectivity index (χ1n) is 21.6. The topological polar surface area (TPSA) is 43.6 Å². The first kappa shape index (κ1) is 36.4. The molecule has 3 aromatic heterocycles. The van der Waals surface area contributed by atoms with Crippen LogP contribution in [0.2, 0.25) is 0 Å². The molecule has 0 aliphatic heterocycles. The Balaban J connectivity index is 1.09. The van der Waals surface area contributed by atoms with Crippen molar-refractivity contribution >= 4 is 74.9 Å². The Kier molecular flexibility index (Phi) is 8.36. The van der Waals surface area contributed by atoms with Gasteiger partial charge in [-0.2, -0.15) is 0 Å². The van der Waals surface area contributed by atoms with Crippen LogP contribution >= 0.6 is 11.3 Å². The SMILES string of the molecule is c1ccc(-c2ccc(-c3nc(-c4ccccc4)nc(-c4ccc(-n5c6ccccc6c6cc7ccccc7cc65)cc4-c4cccc5sc6cc7ccccc7cc6c45)n3)cc2)cc1. The summed E-state index contributed by atoms with van der Waals surface area (Å²) in [4.78, 5) is 15.8. The van der Waals surface area contributed by atoms with E-state index in [-0.39, 0.29) is 0 Å². The molecule has 0 radical (unpaired) electrons. The molecule has 0 saturated heterocycles. The van der Waals surface area contributed by atoms with Crippen molar-refractivity contribution in [2.45, 2.75) is 0 Å². The fraction of sp³-hybridized carbons (Fsp3) is 0. The lowest BCUT2D eigenvalue weighted by Crippen LogP contribution is -2.02. The van der Waals surface area contributed by atoms with E-state index in [2.05, 4.69) is 199 Å². The van der Waals surface area contributed by atoms with Gasteiger partial charge >= 0.3 is 0 Å². The molecule has 13 aromatic rings. The molecule has 10 aromatic carbocycles. The molecule has 0 atom stereocenters. The number of nitrogens with zero attached hydrogens (tertiary/aromatic N) is 4. The van der Waals surface area contributed by atoms with Crippen molar-refractivity contribution in [1.29, 1.82) is 0 Å². The monoisotopic (exact) mass is 832 g/mol. The van der Waals surface area contributed by atoms with Crippen molar-refractivity contribution in [3.63, 3.8) is 0 Å². The zero-order valence-corrected chi connectivity index (χ0v) is 35.3. The third-order valence-electron chi connectivity index (χ3n) is 12.6. The maximum absolute atomic E-state index is 5.36. The first-order chi connectivity index (χ1) is 31.7. The van der Waals surface area contributed by atoms with Crippen LogP contribution in [-0.4, -0.2) is 19.5 Å². The Morgan fingerprint density at radius 1 is 0.312 bits per heavy atom. The molecule has 0 aliphatic rings. The molecule has 5 heteroatoms. The van der Waals surface area contributed by atoms with E-state index in [9.17, 15) is 0 Å². The standard InChI is InChI=1S/C59H36N4S/c1-3-14-37(15-4-1)38-26-28-40(29-27-38)58-60-57(39-16-5-2-6-17-39)61-59(62-58)48-31-30-45(63-52-24-12-11-22-46(52)50-32-41-18-7-9-20-43(41)34-53(50)63)36-49(48)47-23-13-25-54-56(47)51-33-42-19-8-10-21-44(42)35-55(51)64-54/h1-36H. The maximum Gasteiger partial charge on any atom is 0.164 e. The molecule has 0 aliphatic carbocycles. The number of fused-ring (bicyclic) bond motifs is 8. The Hall–Kier alpha value is -8.25. The highest BCUT2D eigenvalue weighted by Crippen LogP contribution is 2.45. The summed E-state index contributed by atoms with van der Waals surface area (Å²) in [6.45, 7) is 0. The minimum absolute atomic E-state index is 0.618. The highest BCUT2D eigenvalue weighted by atomic mass is 32.1. The number of benzene rings is 10. The summed E-state index contributed by atoms with van der Waals surface area (Å²) in [6.07, 6.45) is 0. The fourth-order valence-corrected chi connectivity index (χ4v) is 10.7. The maximum atomic E-state index is 5.36. The van der Waals surface area contributed by atoms with Gasteiger partial charge in [-0.15, -0.1) is 11.3 Å². The molecule has 64 heavy (non-hydrogen) atoms. The Morgan fingerprint density at radius 3 is 1.61 bits per heavy atom. The van der Waals surface area contributed by atoms with Gasteiger partial charge in [0, 0.05) is 53.3 Å². The molecule has 0 spiro atoms. The highest BCUT2D eigenvalue weighted by molar-refractivity contribution is 7.26. The zero-order valence-electron chi connectivity index (χ0n) is 34.5. The van der Waals surface area contributed by atoms with Crippen LogP contribution in [0.25, 0.3) is 126 Å². The lowest BCUT2D eigenvalue weighted by Gasteiger charge is -2.16. The van der Waals surface area contributed by atoms with Crippen LogP contribution in [0.3, 0.4) is 0 Å². The third kappa shape index (κ3) is 6.01. The predicted octanol–water partition coefficient (Wildman–Crippen LogP) is 16.0. The highest BCUT2D eigenvalue weighted by Gasteiger charge is 2.22. The van der Waals surface area contributed by atoms with Crippen molar-refractivity contribution in [3.8, 4) is 62.1 Å². The second-order valence-electron chi connectivity index (χ2n) is 16.4. The summed E-state index contributed by atoms with van der Waals surface area (Å²) in [5.41, 5.74) is 10.7. The first-order valence-corrected chi connectivity index (χ1v) is 22.4. The minimum atomic E-state index is 0.618. The molecule has 298 valence electrons. The summed E-state index contributed by atoms with van der Waals surface area (Å²) in [5.74, 6) is 1.87. The average Bonchev–Trinajstić information content (AvgIpc) is 3.89. The number of rotatable bonds is 6. The van der Waals surface area contributed by atoms with Crippen LogP contribution in [0.4, 0.5) is 0 Å². The van der Waals surface area contributed by atoms with Gasteiger partial charge < -0.3 is 4.57 Å². The van der Waals surface area contributed by atoms with E-state index in [1.807, 2.05) is 35.6 Å². The molecule has 0 N–H and O–H groups in total. The van der Waals surface area contributed by atoms with Crippen molar-refractivity contribution in [2.75, 3.05) is 0 Å². The average molecular weight is 833 g/mol. The van der Waals surface area contributed by atoms with Gasteiger partial charge in [-0.3, -0.25) is 0 Å². The number of para-hydroxylation sites is 1. The van der Waals surface area contributed by atoms with Crippen molar-refractivity contribution < 1.29 is 0 Å². The van der Waals surface area contributed by atoms with Crippen LogP contribution in [0.15, 0.2) is 218 Å². The van der Waals surface area contributed by atoms with Gasteiger partial charge in [0.05, 0.1) is 11.0 Å². The zero-order chi connectivity index (χ0) is 42.1. The summed E-state index contributed by atoms with van der Waals surface area (Å²) in [6, 6.07) is 78.2. The van der Waals surface area contributed by atoms with E-state index in [0.717, 1.165) is 50.1 Å². The second-order valence-corrected chi connectivity index (χ2v) is 17.5. The van der Waals surface area contributed by atoms with Crippen LogP contribution in [0.1, 0.15) is 0 Å². The molecule has 0 fully saturated rings. The van der Waals surface area contributed by atoms with Gasteiger partial charge in [0.25, 0.3) is 0 Å². The Bertz CT molecular complexity index is 3940. The number of aromatic nitrogens is 4. The lowest BCUT2D eigenvalue weighted by molar-refractivity contribution is 1.07. The van der Waals surface area contributed by atoms with Crippen LogP contribution in [-0.2, 0) is 0 Å². The van der Waals surface area contributed by atoms with Crippen molar-refractivity contribution in [1.82, 2.24) is 19.5 Å². The van der Waals surface area contributed by atoms with Crippen LogP contribution in [0, 0.1) is 0 Å². The number of hydrogen-bond donors (Lipinski definition) is 0. The van der Waals surface area contributed by atoms with E-state index in [0.29, 0.717) is 17.5 Å². The fourth-order valence-electron chi connectivity index (χ4n) is 9.54. The minimum Gasteiger partial charge on any atom is -0.309 e. The summed E-state index contributed by atoms with van der Waals surface area (Å²) < 4.78 is 4.93. The molecule has 0 bridgehead atoms. The van der Waals surface area contributed by atoms with E-state index >= 15 is 0 Å². The van der Waals surface area contributed by atoms with E-state index < -0.39 is 0 Å². The van der Waals surface area contributed by atoms with Gasteiger partial charge in [-0.1, -0.05) is 164 Å². The van der Waals surface area contributed by atoms with E-state index in [4.69, 9.17) is 15.0 Å². The normalized spacial score (nSPS) is 11.8. The van der Waals surface area contributed by atoms with Crippen molar-refractivity contribution in [3.05, 3.63) is 218 Å². The molecule has 4 nitrogen and oxygen atoms in total. The molecule has 0 amide bonds. The van der Waals surface area contributed by atoms with E-state index in [1.165, 1.54) is 58.1 Å². The van der Waals surface area contributed by atoms with Crippen LogP contribution < -0.4 is 0 Å². The molecule has 0 saturated carbocycles. The van der Waals surface area contributed by atoms with Gasteiger partial charge in [-0.25, -0.2) is 15.0 Å². The van der Waals surface area contributed by atoms with Gasteiger partial charge in [0.15, 0.2) is 17.5 Å². The number of thiophene rings is 1. The molecular weight excluding hydrogens is 797 g/mol. The van der Waals surface area contributed by atoms with Crippen molar-refractivity contribution in [2.24, 2.45) is 0 Å². The molecular formula is C59H36N4S. The second kappa shape index (κ2) is 14.7. The Labute approximate surface area is 373 Å². The predicted molar refractivity (Wildman–Crippen MR) is 269 cm³/mol. The lowest BCUT2D eigenvalue weighted by atomic mass is 9.93. The summed E-state index contributed by atoms with van der Waals surface area (Å²) >= 11 is 1.85. The van der Waals surface area contributed by atoms with Gasteiger partial charge in [0.2, 0.25) is 0 Å². The largest absolute Gasteiger partial charge is 0.309 e. The molecule has 0 unspecified atom stereocenters. The molecule has 3 heterocycles. The smallest absolute Gasteiger partial charge is 0.164 e. The summed E-state index contributed by atoms with van der Waals surface area (Å²) in [5, 5.41) is 9.83. The quantitative estimate of drug-likeness (QED) is 0.168. The third-order valence-corrected chi connectivity index (χ3v) is 13.7.